The average Bonchev–Trinajstić information content (AvgIpc) is 2.94. The van der Waals surface area contributed by atoms with Gasteiger partial charge in [-0.2, -0.15) is 0 Å². The number of Topliss-reactive ketones (excluding diaryl/α,β-unsaturated/α-hetero) is 1. The SMILES string of the molecule is CCc1ccc(C(=O)C(=O)OCc2ccccc2)o1. The van der Waals surface area contributed by atoms with E-state index in [-0.39, 0.29) is 12.4 Å². The largest absolute Gasteiger partial charge is 0.457 e. The van der Waals surface area contributed by atoms with Gasteiger partial charge in [0, 0.05) is 6.42 Å². The van der Waals surface area contributed by atoms with Crippen molar-refractivity contribution in [2.24, 2.45) is 0 Å². The number of furan rings is 1. The first kappa shape index (κ1) is 13.1. The fourth-order valence-electron chi connectivity index (χ4n) is 1.58. The summed E-state index contributed by atoms with van der Waals surface area (Å²) in [6.45, 7) is 1.98. The highest BCUT2D eigenvalue weighted by Crippen LogP contribution is 2.10. The zero-order valence-corrected chi connectivity index (χ0v) is 10.6. The zero-order chi connectivity index (χ0) is 13.7. The summed E-state index contributed by atoms with van der Waals surface area (Å²) in [6, 6.07) is 12.4. The molecule has 1 aromatic carbocycles. The third-order valence-electron chi connectivity index (χ3n) is 2.63. The fraction of sp³-hybridized carbons (Fsp3) is 0.200. The minimum atomic E-state index is -0.902. The molecule has 0 N–H and O–H groups in total. The predicted octanol–water partition coefficient (Wildman–Crippen LogP) is 2.77. The first-order valence-electron chi connectivity index (χ1n) is 6.04. The maximum Gasteiger partial charge on any atom is 0.383 e. The van der Waals surface area contributed by atoms with E-state index < -0.39 is 11.8 Å². The summed E-state index contributed by atoms with van der Waals surface area (Å²) in [5, 5.41) is 0. The Kier molecular flexibility index (Phi) is 4.13. The molecule has 0 fully saturated rings. The molecular weight excluding hydrogens is 244 g/mol. The van der Waals surface area contributed by atoms with Crippen LogP contribution in [0.1, 0.15) is 28.8 Å². The number of ketones is 1. The molecule has 0 saturated heterocycles. The van der Waals surface area contributed by atoms with Crippen LogP contribution in [0.2, 0.25) is 0 Å². The lowest BCUT2D eigenvalue weighted by atomic mass is 10.2. The van der Waals surface area contributed by atoms with E-state index in [1.54, 1.807) is 6.07 Å². The van der Waals surface area contributed by atoms with Crippen LogP contribution in [-0.4, -0.2) is 11.8 Å². The first-order chi connectivity index (χ1) is 9.20. The van der Waals surface area contributed by atoms with Crippen LogP contribution in [0.4, 0.5) is 0 Å². The Hall–Kier alpha value is -2.36. The van der Waals surface area contributed by atoms with E-state index >= 15 is 0 Å². The average molecular weight is 258 g/mol. The number of ether oxygens (including phenoxy) is 1. The Morgan fingerprint density at radius 2 is 1.84 bits per heavy atom. The molecular formula is C15H14O4. The van der Waals surface area contributed by atoms with Gasteiger partial charge < -0.3 is 9.15 Å². The van der Waals surface area contributed by atoms with Crippen LogP contribution in [0, 0.1) is 0 Å². The van der Waals surface area contributed by atoms with Gasteiger partial charge in [-0.3, -0.25) is 4.79 Å². The zero-order valence-electron chi connectivity index (χ0n) is 10.6. The molecule has 19 heavy (non-hydrogen) atoms. The minimum absolute atomic E-state index is 0.0231. The van der Waals surface area contributed by atoms with E-state index in [2.05, 4.69) is 0 Å². The second-order valence-electron chi connectivity index (χ2n) is 4.01. The van der Waals surface area contributed by atoms with E-state index in [0.717, 1.165) is 5.56 Å². The molecule has 0 spiro atoms. The molecule has 1 aromatic heterocycles. The van der Waals surface area contributed by atoms with Gasteiger partial charge >= 0.3 is 11.8 Å². The smallest absolute Gasteiger partial charge is 0.383 e. The highest BCUT2D eigenvalue weighted by Gasteiger charge is 2.21. The number of aryl methyl sites for hydroxylation is 1. The van der Waals surface area contributed by atoms with Crippen LogP contribution in [0.5, 0.6) is 0 Å². The van der Waals surface area contributed by atoms with Crippen LogP contribution in [0.15, 0.2) is 46.9 Å². The van der Waals surface area contributed by atoms with Crippen molar-refractivity contribution in [1.82, 2.24) is 0 Å². The summed E-state index contributed by atoms with van der Waals surface area (Å²) in [5.41, 5.74) is 0.831. The predicted molar refractivity (Wildman–Crippen MR) is 68.7 cm³/mol. The molecule has 0 aliphatic rings. The van der Waals surface area contributed by atoms with Gasteiger partial charge in [-0.1, -0.05) is 37.3 Å². The van der Waals surface area contributed by atoms with Crippen molar-refractivity contribution >= 4 is 11.8 Å². The Labute approximate surface area is 111 Å². The summed E-state index contributed by atoms with van der Waals surface area (Å²) in [7, 11) is 0. The second-order valence-corrected chi connectivity index (χ2v) is 4.01. The van der Waals surface area contributed by atoms with Crippen molar-refractivity contribution < 1.29 is 18.7 Å². The van der Waals surface area contributed by atoms with Gasteiger partial charge in [0.1, 0.15) is 12.4 Å². The lowest BCUT2D eigenvalue weighted by Gasteiger charge is -2.02. The monoisotopic (exact) mass is 258 g/mol. The third-order valence-corrected chi connectivity index (χ3v) is 2.63. The molecule has 0 aliphatic heterocycles. The molecule has 1 heterocycles. The van der Waals surface area contributed by atoms with Crippen LogP contribution < -0.4 is 0 Å². The van der Waals surface area contributed by atoms with E-state index in [0.29, 0.717) is 12.2 Å². The number of esters is 1. The lowest BCUT2D eigenvalue weighted by Crippen LogP contribution is -2.16. The van der Waals surface area contributed by atoms with Crippen molar-refractivity contribution in [2.45, 2.75) is 20.0 Å². The summed E-state index contributed by atoms with van der Waals surface area (Å²) >= 11 is 0. The number of benzene rings is 1. The second kappa shape index (κ2) is 6.00. The van der Waals surface area contributed by atoms with Gasteiger partial charge in [0.25, 0.3) is 0 Å². The first-order valence-corrected chi connectivity index (χ1v) is 6.04. The molecule has 2 aromatic rings. The van der Waals surface area contributed by atoms with Crippen molar-refractivity contribution in [1.29, 1.82) is 0 Å². The van der Waals surface area contributed by atoms with Gasteiger partial charge in [0.2, 0.25) is 0 Å². The van der Waals surface area contributed by atoms with Crippen LogP contribution >= 0.6 is 0 Å². The summed E-state index contributed by atoms with van der Waals surface area (Å²) in [5.74, 6) is -0.967. The summed E-state index contributed by atoms with van der Waals surface area (Å²) in [4.78, 5) is 23.3. The van der Waals surface area contributed by atoms with Crippen molar-refractivity contribution in [3.63, 3.8) is 0 Å². The van der Waals surface area contributed by atoms with E-state index in [9.17, 15) is 9.59 Å². The number of hydrogen-bond donors (Lipinski definition) is 0. The Morgan fingerprint density at radius 1 is 1.11 bits per heavy atom. The van der Waals surface area contributed by atoms with Crippen molar-refractivity contribution in [3.8, 4) is 0 Å². The Balaban J connectivity index is 1.94. The highest BCUT2D eigenvalue weighted by molar-refractivity contribution is 6.39. The van der Waals surface area contributed by atoms with Gasteiger partial charge in [0.05, 0.1) is 0 Å². The maximum absolute atomic E-state index is 11.7. The summed E-state index contributed by atoms with van der Waals surface area (Å²) < 4.78 is 10.2. The van der Waals surface area contributed by atoms with Gasteiger partial charge in [-0.05, 0) is 17.7 Å². The van der Waals surface area contributed by atoms with Crippen LogP contribution in [-0.2, 0) is 22.6 Å². The fourth-order valence-corrected chi connectivity index (χ4v) is 1.58. The molecule has 4 nitrogen and oxygen atoms in total. The molecule has 0 amide bonds. The van der Waals surface area contributed by atoms with Crippen molar-refractivity contribution in [3.05, 3.63) is 59.5 Å². The van der Waals surface area contributed by atoms with Crippen LogP contribution in [0.25, 0.3) is 0 Å². The topological polar surface area (TPSA) is 56.5 Å². The quantitative estimate of drug-likeness (QED) is 0.470. The van der Waals surface area contributed by atoms with Gasteiger partial charge in [-0.15, -0.1) is 0 Å². The molecule has 0 unspecified atom stereocenters. The minimum Gasteiger partial charge on any atom is -0.457 e. The van der Waals surface area contributed by atoms with E-state index in [4.69, 9.17) is 9.15 Å². The number of carbonyl (C=O) groups is 2. The lowest BCUT2D eigenvalue weighted by molar-refractivity contribution is -0.139. The molecule has 0 atom stereocenters. The maximum atomic E-state index is 11.7. The summed E-state index contributed by atoms with van der Waals surface area (Å²) in [6.07, 6.45) is 0.673. The number of carbonyl (C=O) groups excluding carboxylic acids is 2. The molecule has 0 aliphatic carbocycles. The molecule has 0 radical (unpaired) electrons. The Bertz CT molecular complexity index is 569. The standard InChI is InChI=1S/C15H14O4/c1-2-12-8-9-13(19-12)14(16)15(17)18-10-11-6-4-3-5-7-11/h3-9H,2,10H2,1H3. The normalized spacial score (nSPS) is 10.2. The van der Waals surface area contributed by atoms with E-state index in [1.165, 1.54) is 6.07 Å². The Morgan fingerprint density at radius 3 is 2.47 bits per heavy atom. The molecule has 0 saturated carbocycles. The number of rotatable bonds is 5. The van der Waals surface area contributed by atoms with Gasteiger partial charge in [0.15, 0.2) is 5.76 Å². The number of hydrogen-bond acceptors (Lipinski definition) is 4. The van der Waals surface area contributed by atoms with E-state index in [1.807, 2.05) is 37.3 Å². The van der Waals surface area contributed by atoms with Crippen molar-refractivity contribution in [2.75, 3.05) is 0 Å². The molecule has 0 bridgehead atoms. The highest BCUT2D eigenvalue weighted by atomic mass is 16.5. The molecule has 4 heteroatoms. The van der Waals surface area contributed by atoms with Crippen LogP contribution in [0.3, 0.4) is 0 Å². The molecule has 98 valence electrons. The molecule has 2 rings (SSSR count). The van der Waals surface area contributed by atoms with Gasteiger partial charge in [-0.25, -0.2) is 4.79 Å². The third kappa shape index (κ3) is 3.31.